The van der Waals surface area contributed by atoms with Gasteiger partial charge < -0.3 is 5.73 Å². The van der Waals surface area contributed by atoms with Gasteiger partial charge in [0.05, 0.1) is 0 Å². The second-order valence-corrected chi connectivity index (χ2v) is 5.52. The van der Waals surface area contributed by atoms with Crippen LogP contribution in [0.1, 0.15) is 20.8 Å². The zero-order valence-corrected chi connectivity index (χ0v) is 10.4. The molecule has 0 fully saturated rings. The molecular formula is C10H17N3OS. The van der Waals surface area contributed by atoms with Crippen LogP contribution in [0.2, 0.25) is 0 Å². The van der Waals surface area contributed by atoms with E-state index in [-0.39, 0.29) is 11.8 Å². The molecule has 84 valence electrons. The molecule has 2 N–H and O–H groups in total. The first-order valence-corrected chi connectivity index (χ1v) is 5.82. The third-order valence-corrected chi connectivity index (χ3v) is 3.03. The molecule has 0 radical (unpaired) electrons. The Morgan fingerprint density at radius 1 is 1.60 bits per heavy atom. The van der Waals surface area contributed by atoms with Crippen molar-refractivity contribution in [1.82, 2.24) is 0 Å². The number of nitrogens with two attached hydrogens (primary N) is 1. The third-order valence-electron chi connectivity index (χ3n) is 2.14. The molecule has 1 aliphatic heterocycles. The Balaban J connectivity index is 2.88. The van der Waals surface area contributed by atoms with Crippen LogP contribution in [0.5, 0.6) is 0 Å². The van der Waals surface area contributed by atoms with E-state index < -0.39 is 5.41 Å². The summed E-state index contributed by atoms with van der Waals surface area (Å²) in [5.74, 6) is 0.773. The quantitative estimate of drug-likeness (QED) is 0.718. The molecule has 1 unspecified atom stereocenters. The van der Waals surface area contributed by atoms with Crippen molar-refractivity contribution in [2.45, 2.75) is 26.8 Å². The molecule has 0 saturated carbocycles. The summed E-state index contributed by atoms with van der Waals surface area (Å²) in [7, 11) is 1.63. The standard InChI is InChI=1S/C10H17N3OS/c1-10(2,3)8(14)7(12-4)6-5-15-9(11)13-6/h6H,5H2,1-4H3,(H2,11,13)/b12-7-. The molecule has 0 amide bonds. The van der Waals surface area contributed by atoms with E-state index in [0.29, 0.717) is 10.9 Å². The molecule has 4 nitrogen and oxygen atoms in total. The summed E-state index contributed by atoms with van der Waals surface area (Å²) in [5.41, 5.74) is 5.70. The molecule has 1 atom stereocenters. The zero-order chi connectivity index (χ0) is 11.6. The Bertz CT molecular complexity index is 328. The average molecular weight is 227 g/mol. The highest BCUT2D eigenvalue weighted by molar-refractivity contribution is 8.14. The van der Waals surface area contributed by atoms with Crippen LogP contribution in [0.3, 0.4) is 0 Å². The van der Waals surface area contributed by atoms with Crippen molar-refractivity contribution in [1.29, 1.82) is 0 Å². The van der Waals surface area contributed by atoms with Gasteiger partial charge in [0.2, 0.25) is 0 Å². The Morgan fingerprint density at radius 2 is 2.20 bits per heavy atom. The molecule has 1 aliphatic rings. The Kier molecular flexibility index (Phi) is 3.54. The number of aliphatic imine (C=N–C) groups is 2. The topological polar surface area (TPSA) is 67.8 Å². The van der Waals surface area contributed by atoms with Gasteiger partial charge >= 0.3 is 0 Å². The van der Waals surface area contributed by atoms with E-state index in [1.54, 1.807) is 7.05 Å². The smallest absolute Gasteiger partial charge is 0.184 e. The second-order valence-electron chi connectivity index (χ2n) is 4.48. The van der Waals surface area contributed by atoms with Crippen LogP contribution in [-0.4, -0.2) is 35.5 Å². The molecule has 1 heterocycles. The van der Waals surface area contributed by atoms with Gasteiger partial charge in [-0.25, -0.2) is 0 Å². The monoisotopic (exact) mass is 227 g/mol. The molecular weight excluding hydrogens is 210 g/mol. The molecule has 1 rings (SSSR count). The van der Waals surface area contributed by atoms with E-state index >= 15 is 0 Å². The summed E-state index contributed by atoms with van der Waals surface area (Å²) in [6, 6.07) is -0.160. The maximum Gasteiger partial charge on any atom is 0.184 e. The van der Waals surface area contributed by atoms with Gasteiger partial charge in [0.1, 0.15) is 11.8 Å². The first-order valence-electron chi connectivity index (χ1n) is 4.84. The number of nitrogens with zero attached hydrogens (tertiary/aromatic N) is 2. The van der Waals surface area contributed by atoms with Gasteiger partial charge in [0, 0.05) is 18.2 Å². The number of rotatable bonds is 2. The van der Waals surface area contributed by atoms with Gasteiger partial charge in [-0.15, -0.1) is 0 Å². The number of carbonyl (C=O) groups is 1. The van der Waals surface area contributed by atoms with Crippen molar-refractivity contribution in [2.75, 3.05) is 12.8 Å². The number of Topliss-reactive ketones (excluding diaryl/α,β-unsaturated/α-hetero) is 1. The lowest BCUT2D eigenvalue weighted by molar-refractivity contribution is -0.119. The van der Waals surface area contributed by atoms with E-state index in [9.17, 15) is 4.79 Å². The van der Waals surface area contributed by atoms with E-state index in [0.717, 1.165) is 5.75 Å². The number of hydrogen-bond donors (Lipinski definition) is 1. The maximum atomic E-state index is 12.0. The fourth-order valence-corrected chi connectivity index (χ4v) is 2.08. The lowest BCUT2D eigenvalue weighted by Crippen LogP contribution is -2.36. The van der Waals surface area contributed by atoms with Crippen molar-refractivity contribution in [2.24, 2.45) is 21.1 Å². The van der Waals surface area contributed by atoms with E-state index in [4.69, 9.17) is 5.73 Å². The Labute approximate surface area is 94.4 Å². The summed E-state index contributed by atoms with van der Waals surface area (Å²) in [4.78, 5) is 20.3. The Morgan fingerprint density at radius 3 is 2.53 bits per heavy atom. The number of hydrogen-bond acceptors (Lipinski definition) is 5. The van der Waals surface area contributed by atoms with E-state index in [1.807, 2.05) is 20.8 Å². The molecule has 5 heteroatoms. The normalized spacial score (nSPS) is 22.8. The van der Waals surface area contributed by atoms with Gasteiger partial charge in [-0.2, -0.15) is 0 Å². The fourth-order valence-electron chi connectivity index (χ4n) is 1.32. The summed E-state index contributed by atoms with van der Waals surface area (Å²) in [6.45, 7) is 5.65. The molecule has 15 heavy (non-hydrogen) atoms. The largest absolute Gasteiger partial charge is 0.379 e. The molecule has 0 aromatic heterocycles. The highest BCUT2D eigenvalue weighted by atomic mass is 32.2. The number of amidine groups is 1. The minimum Gasteiger partial charge on any atom is -0.379 e. The molecule has 0 spiro atoms. The molecule has 0 bridgehead atoms. The first-order chi connectivity index (χ1) is 6.86. The lowest BCUT2D eigenvalue weighted by Gasteiger charge is -2.19. The van der Waals surface area contributed by atoms with E-state index in [1.165, 1.54) is 11.8 Å². The SMILES string of the molecule is C/N=C(\C(=O)C(C)(C)C)C1CSC(N)=N1. The summed E-state index contributed by atoms with van der Waals surface area (Å²) < 4.78 is 0. The van der Waals surface area contributed by atoms with Crippen LogP contribution in [0, 0.1) is 5.41 Å². The number of carbonyl (C=O) groups excluding carboxylic acids is 1. The predicted molar refractivity (Wildman–Crippen MR) is 65.7 cm³/mol. The summed E-state index contributed by atoms with van der Waals surface area (Å²) in [6.07, 6.45) is 0. The van der Waals surface area contributed by atoms with Crippen molar-refractivity contribution in [3.63, 3.8) is 0 Å². The van der Waals surface area contributed by atoms with Crippen molar-refractivity contribution >= 4 is 28.4 Å². The maximum absolute atomic E-state index is 12.0. The van der Waals surface area contributed by atoms with Crippen molar-refractivity contribution in [3.05, 3.63) is 0 Å². The van der Waals surface area contributed by atoms with Crippen LogP contribution in [0.4, 0.5) is 0 Å². The highest BCUT2D eigenvalue weighted by Gasteiger charge is 2.32. The van der Waals surface area contributed by atoms with Gasteiger partial charge in [-0.05, 0) is 0 Å². The molecule has 0 aromatic rings. The van der Waals surface area contributed by atoms with Gasteiger partial charge in [-0.1, -0.05) is 32.5 Å². The average Bonchev–Trinajstić information content (AvgIpc) is 2.51. The Hall–Kier alpha value is -0.840. The fraction of sp³-hybridized carbons (Fsp3) is 0.700. The summed E-state index contributed by atoms with van der Waals surface area (Å²) in [5, 5.41) is 0.544. The summed E-state index contributed by atoms with van der Waals surface area (Å²) >= 11 is 1.47. The van der Waals surface area contributed by atoms with Gasteiger partial charge in [0.25, 0.3) is 0 Å². The van der Waals surface area contributed by atoms with Crippen LogP contribution in [-0.2, 0) is 4.79 Å². The molecule has 0 saturated heterocycles. The van der Waals surface area contributed by atoms with Crippen LogP contribution in [0.15, 0.2) is 9.98 Å². The van der Waals surface area contributed by atoms with Gasteiger partial charge in [-0.3, -0.25) is 14.8 Å². The van der Waals surface area contributed by atoms with Crippen LogP contribution < -0.4 is 5.73 Å². The zero-order valence-electron chi connectivity index (χ0n) is 9.57. The van der Waals surface area contributed by atoms with Crippen LogP contribution in [0.25, 0.3) is 0 Å². The lowest BCUT2D eigenvalue weighted by atomic mass is 9.86. The van der Waals surface area contributed by atoms with E-state index in [2.05, 4.69) is 9.98 Å². The van der Waals surface area contributed by atoms with Crippen molar-refractivity contribution in [3.8, 4) is 0 Å². The van der Waals surface area contributed by atoms with Crippen LogP contribution >= 0.6 is 11.8 Å². The third kappa shape index (κ3) is 2.81. The highest BCUT2D eigenvalue weighted by Crippen LogP contribution is 2.22. The molecule has 0 aliphatic carbocycles. The number of ketones is 1. The molecule has 0 aromatic carbocycles. The predicted octanol–water partition coefficient (Wildman–Crippen LogP) is 1.10. The first kappa shape index (κ1) is 12.2. The second kappa shape index (κ2) is 4.35. The number of thioether (sulfide) groups is 1. The van der Waals surface area contributed by atoms with Gasteiger partial charge in [0.15, 0.2) is 11.0 Å². The minimum atomic E-state index is -0.410. The van der Waals surface area contributed by atoms with Crippen molar-refractivity contribution < 1.29 is 4.79 Å². The minimum absolute atomic E-state index is 0.0500.